The minimum absolute atomic E-state index is 0.0712. The Hall–Kier alpha value is -0.240. The van der Waals surface area contributed by atoms with Crippen LogP contribution in [-0.2, 0) is 35.1 Å². The van der Waals surface area contributed by atoms with Gasteiger partial charge in [0.2, 0.25) is 5.91 Å². The number of carbonyl (C=O) groups is 1. The van der Waals surface area contributed by atoms with Gasteiger partial charge >= 0.3 is 6.72 Å². The summed E-state index contributed by atoms with van der Waals surface area (Å²) >= 11 is 4.82. The van der Waals surface area contributed by atoms with Crippen molar-refractivity contribution in [2.45, 2.75) is 56.8 Å². The van der Waals surface area contributed by atoms with E-state index in [0.717, 1.165) is 0 Å². The highest BCUT2D eigenvalue weighted by Gasteiger charge is 2.45. The van der Waals surface area contributed by atoms with Gasteiger partial charge in [-0.1, -0.05) is 0 Å². The summed E-state index contributed by atoms with van der Waals surface area (Å²) in [5, 5.41) is 40.5. The molecule has 1 saturated heterocycles. The lowest BCUT2D eigenvalue weighted by molar-refractivity contribution is -0.270. The minimum Gasteiger partial charge on any atom is -0.396 e. The fraction of sp³-hybridized carbons (Fsp3) is 0.933. The summed E-state index contributed by atoms with van der Waals surface area (Å²) in [6, 6.07) is -0.991. The molecule has 0 aromatic heterocycles. The quantitative estimate of drug-likeness (QED) is 0.142. The first kappa shape index (κ1) is 25.8. The third-order valence-corrected chi connectivity index (χ3v) is 5.53. The minimum atomic E-state index is -3.33. The molecule has 1 heterocycles. The van der Waals surface area contributed by atoms with E-state index in [2.05, 4.69) is 5.32 Å². The Morgan fingerprint density at radius 3 is 2.29 bits per heavy atom. The molecule has 13 heteroatoms. The normalized spacial score (nSPS) is 30.0. The van der Waals surface area contributed by atoms with Gasteiger partial charge in [0, 0.05) is 20.1 Å². The van der Waals surface area contributed by atoms with Crippen LogP contribution in [0.5, 0.6) is 0 Å². The van der Waals surface area contributed by atoms with E-state index < -0.39 is 49.9 Å². The van der Waals surface area contributed by atoms with Gasteiger partial charge in [0.1, 0.15) is 24.4 Å². The van der Waals surface area contributed by atoms with Crippen LogP contribution in [0.15, 0.2) is 0 Å². The molecule has 6 N–H and O–H groups in total. The number of hydrogen-bond acceptors (Lipinski definition) is 10. The van der Waals surface area contributed by atoms with Crippen molar-refractivity contribution < 1.29 is 48.6 Å². The van der Waals surface area contributed by atoms with Crippen LogP contribution in [-0.4, -0.2) is 94.9 Å². The van der Waals surface area contributed by atoms with Gasteiger partial charge < -0.3 is 49.2 Å². The monoisotopic (exact) mass is 447 g/mol. The first-order valence-corrected chi connectivity index (χ1v) is 11.5. The lowest BCUT2D eigenvalue weighted by Crippen LogP contribution is -2.64. The standard InChI is InChI=1S/C15H30NO10PS/c1-10(19)16-12-14(21)13(20)11(9-18)26-15(12)23-6-2-3-7-24-27(22,28)25-8-4-5-17/h11-15,17-18,20-21H,2-9H2,1H3,(H,16,19)(H,22,28)/t11?,12?,13-,14?,15+,27?/m0/s1. The summed E-state index contributed by atoms with van der Waals surface area (Å²) < 4.78 is 21.1. The highest BCUT2D eigenvalue weighted by molar-refractivity contribution is 8.07. The van der Waals surface area contributed by atoms with E-state index in [-0.39, 0.29) is 26.4 Å². The van der Waals surface area contributed by atoms with Crippen LogP contribution in [0.1, 0.15) is 26.2 Å². The second-order valence-corrected chi connectivity index (χ2v) is 9.06. The second kappa shape index (κ2) is 13.1. The fourth-order valence-electron chi connectivity index (χ4n) is 2.48. The Bertz CT molecular complexity index is 513. The SMILES string of the molecule is CC(=O)NC1C(O)[C@@H](O)C(CO)O[C@H]1OCCCCOP(O)(=S)OCCCO. The molecule has 0 bridgehead atoms. The molecule has 4 unspecified atom stereocenters. The molecule has 166 valence electrons. The highest BCUT2D eigenvalue weighted by atomic mass is 32.5. The van der Waals surface area contributed by atoms with Gasteiger partial charge in [0.15, 0.2) is 6.29 Å². The Balaban J connectivity index is 2.38. The molecule has 11 nitrogen and oxygen atoms in total. The maximum absolute atomic E-state index is 11.3. The number of ether oxygens (including phenoxy) is 2. The zero-order chi connectivity index (χ0) is 21.2. The average Bonchev–Trinajstić information content (AvgIpc) is 2.63. The molecule has 1 aliphatic heterocycles. The Morgan fingerprint density at radius 2 is 1.71 bits per heavy atom. The van der Waals surface area contributed by atoms with Gasteiger partial charge in [-0.3, -0.25) is 4.79 Å². The van der Waals surface area contributed by atoms with Gasteiger partial charge in [-0.2, -0.15) is 0 Å². The molecule has 0 saturated carbocycles. The molecule has 1 amide bonds. The number of hydrogen-bond donors (Lipinski definition) is 6. The average molecular weight is 447 g/mol. The topological polar surface area (TPSA) is 167 Å². The highest BCUT2D eigenvalue weighted by Crippen LogP contribution is 2.43. The molecule has 0 aliphatic carbocycles. The summed E-state index contributed by atoms with van der Waals surface area (Å²) in [6.45, 7) is -2.25. The summed E-state index contributed by atoms with van der Waals surface area (Å²) in [5.74, 6) is -0.431. The molecule has 28 heavy (non-hydrogen) atoms. The number of unbranched alkanes of at least 4 members (excludes halogenated alkanes) is 1. The number of aliphatic hydroxyl groups excluding tert-OH is 4. The van der Waals surface area contributed by atoms with Gasteiger partial charge in [0.05, 0.1) is 19.8 Å². The van der Waals surface area contributed by atoms with E-state index >= 15 is 0 Å². The molecule has 1 fully saturated rings. The van der Waals surface area contributed by atoms with Crippen LogP contribution in [0.4, 0.5) is 0 Å². The van der Waals surface area contributed by atoms with Crippen molar-refractivity contribution in [2.24, 2.45) is 0 Å². The van der Waals surface area contributed by atoms with Crippen LogP contribution in [0.25, 0.3) is 0 Å². The first-order chi connectivity index (χ1) is 13.2. The maximum Gasteiger partial charge on any atom is 0.324 e. The van der Waals surface area contributed by atoms with Gasteiger partial charge in [-0.15, -0.1) is 0 Å². The van der Waals surface area contributed by atoms with E-state index in [1.165, 1.54) is 6.92 Å². The van der Waals surface area contributed by atoms with Crippen molar-refractivity contribution in [2.75, 3.05) is 33.0 Å². The maximum atomic E-state index is 11.3. The molecule has 0 aromatic rings. The predicted molar refractivity (Wildman–Crippen MR) is 101 cm³/mol. The van der Waals surface area contributed by atoms with Crippen LogP contribution < -0.4 is 5.32 Å². The van der Waals surface area contributed by atoms with E-state index in [9.17, 15) is 25.0 Å². The van der Waals surface area contributed by atoms with E-state index in [1.54, 1.807) is 0 Å². The lowest BCUT2D eigenvalue weighted by atomic mass is 9.97. The summed E-state index contributed by atoms with van der Waals surface area (Å²) in [5.41, 5.74) is 0. The van der Waals surface area contributed by atoms with Crippen LogP contribution in [0.2, 0.25) is 0 Å². The van der Waals surface area contributed by atoms with Crippen molar-refractivity contribution >= 4 is 24.4 Å². The van der Waals surface area contributed by atoms with Crippen LogP contribution in [0.3, 0.4) is 0 Å². The van der Waals surface area contributed by atoms with Gasteiger partial charge in [0.25, 0.3) is 0 Å². The fourth-order valence-corrected chi connectivity index (χ4v) is 3.72. The summed E-state index contributed by atoms with van der Waals surface area (Å²) in [6.07, 6.45) is -3.50. The zero-order valence-electron chi connectivity index (χ0n) is 15.7. The van der Waals surface area contributed by atoms with Crippen molar-refractivity contribution in [3.05, 3.63) is 0 Å². The molecule has 6 atom stereocenters. The largest absolute Gasteiger partial charge is 0.396 e. The number of carbonyl (C=O) groups excluding carboxylic acids is 1. The van der Waals surface area contributed by atoms with Gasteiger partial charge in [-0.25, -0.2) is 0 Å². The number of nitrogens with one attached hydrogen (secondary N) is 1. The Kier molecular flexibility index (Phi) is 12.1. The first-order valence-electron chi connectivity index (χ1n) is 8.95. The number of aliphatic hydroxyl groups is 4. The van der Waals surface area contributed by atoms with Crippen LogP contribution >= 0.6 is 6.72 Å². The second-order valence-electron chi connectivity index (χ2n) is 6.22. The molecule has 1 rings (SSSR count). The van der Waals surface area contributed by atoms with Crippen LogP contribution in [0, 0.1) is 0 Å². The molecular formula is C15H30NO10PS. The smallest absolute Gasteiger partial charge is 0.324 e. The van der Waals surface area contributed by atoms with Gasteiger partial charge in [-0.05, 0) is 31.1 Å². The molecule has 1 aliphatic rings. The van der Waals surface area contributed by atoms with Crippen molar-refractivity contribution in [1.82, 2.24) is 5.32 Å². The van der Waals surface area contributed by atoms with Crippen molar-refractivity contribution in [1.29, 1.82) is 0 Å². The lowest BCUT2D eigenvalue weighted by Gasteiger charge is -2.42. The number of rotatable bonds is 13. The van der Waals surface area contributed by atoms with E-state index in [1.807, 2.05) is 0 Å². The number of amides is 1. The van der Waals surface area contributed by atoms with Crippen molar-refractivity contribution in [3.8, 4) is 0 Å². The van der Waals surface area contributed by atoms with Crippen molar-refractivity contribution in [3.63, 3.8) is 0 Å². The predicted octanol–water partition coefficient (Wildman–Crippen LogP) is -1.64. The Morgan fingerprint density at radius 1 is 1.11 bits per heavy atom. The van der Waals surface area contributed by atoms with E-state index in [0.29, 0.717) is 19.3 Å². The molecule has 0 radical (unpaired) electrons. The Labute approximate surface area is 168 Å². The third-order valence-electron chi connectivity index (χ3n) is 3.88. The summed E-state index contributed by atoms with van der Waals surface area (Å²) in [7, 11) is 0. The third kappa shape index (κ3) is 9.06. The molecule has 0 aromatic carbocycles. The molecular weight excluding hydrogens is 417 g/mol. The zero-order valence-corrected chi connectivity index (χ0v) is 17.4. The van der Waals surface area contributed by atoms with E-state index in [4.69, 9.17) is 35.4 Å². The molecule has 0 spiro atoms. The summed E-state index contributed by atoms with van der Waals surface area (Å²) in [4.78, 5) is 21.1.